The number of carbonyl (C=O) groups excluding carboxylic acids is 1. The van der Waals surface area contributed by atoms with Crippen molar-refractivity contribution >= 4 is 32.4 Å². The lowest BCUT2D eigenvalue weighted by atomic mass is 10.0. The zero-order chi connectivity index (χ0) is 19.4. The normalized spacial score (nSPS) is 11.7. The van der Waals surface area contributed by atoms with Gasteiger partial charge in [-0.25, -0.2) is 8.42 Å². The van der Waals surface area contributed by atoms with Gasteiger partial charge in [0.2, 0.25) is 10.0 Å². The number of sulfonamides is 1. The fourth-order valence-electron chi connectivity index (χ4n) is 3.04. The van der Waals surface area contributed by atoms with Crippen molar-refractivity contribution in [2.24, 2.45) is 0 Å². The number of benzene rings is 3. The Bertz CT molecular complexity index is 1050. The van der Waals surface area contributed by atoms with Gasteiger partial charge in [-0.2, -0.15) is 4.31 Å². The highest BCUT2D eigenvalue weighted by Crippen LogP contribution is 2.21. The maximum absolute atomic E-state index is 12.7. The largest absolute Gasteiger partial charge is 0.322 e. The number of anilines is 1. The summed E-state index contributed by atoms with van der Waals surface area (Å²) in [4.78, 5) is 12.9. The van der Waals surface area contributed by atoms with Crippen LogP contribution in [0.25, 0.3) is 10.8 Å². The maximum Gasteiger partial charge on any atom is 0.256 e. The second kappa shape index (κ2) is 7.90. The molecule has 140 valence electrons. The van der Waals surface area contributed by atoms with Gasteiger partial charge in [0.25, 0.3) is 5.91 Å². The molecule has 0 aliphatic carbocycles. The minimum absolute atomic E-state index is 0.217. The third-order valence-corrected chi connectivity index (χ3v) is 6.55. The summed E-state index contributed by atoms with van der Waals surface area (Å²) >= 11 is 0. The number of carbonyl (C=O) groups is 1. The van der Waals surface area contributed by atoms with Crippen molar-refractivity contribution in [3.05, 3.63) is 72.3 Å². The second-order valence-corrected chi connectivity index (χ2v) is 8.03. The van der Waals surface area contributed by atoms with Gasteiger partial charge in [-0.3, -0.25) is 4.79 Å². The van der Waals surface area contributed by atoms with Crippen molar-refractivity contribution in [2.75, 3.05) is 18.4 Å². The lowest BCUT2D eigenvalue weighted by molar-refractivity contribution is 0.102. The highest BCUT2D eigenvalue weighted by atomic mass is 32.2. The quantitative estimate of drug-likeness (QED) is 0.697. The highest BCUT2D eigenvalue weighted by Gasteiger charge is 2.21. The van der Waals surface area contributed by atoms with E-state index in [4.69, 9.17) is 0 Å². The molecule has 1 N–H and O–H groups in total. The first-order valence-corrected chi connectivity index (χ1v) is 10.3. The van der Waals surface area contributed by atoms with Gasteiger partial charge in [0, 0.05) is 24.3 Å². The number of rotatable bonds is 6. The van der Waals surface area contributed by atoms with E-state index in [9.17, 15) is 13.2 Å². The molecular weight excluding hydrogens is 360 g/mol. The summed E-state index contributed by atoms with van der Waals surface area (Å²) < 4.78 is 26.5. The Morgan fingerprint density at radius 1 is 0.889 bits per heavy atom. The average molecular weight is 382 g/mol. The third kappa shape index (κ3) is 3.86. The Kier molecular flexibility index (Phi) is 5.58. The first-order chi connectivity index (χ1) is 13.0. The van der Waals surface area contributed by atoms with Gasteiger partial charge >= 0.3 is 0 Å². The first kappa shape index (κ1) is 19.1. The van der Waals surface area contributed by atoms with Gasteiger partial charge < -0.3 is 5.32 Å². The fraction of sp³-hybridized carbons (Fsp3) is 0.190. The van der Waals surface area contributed by atoms with Crippen LogP contribution in [0, 0.1) is 0 Å². The van der Waals surface area contributed by atoms with Gasteiger partial charge in [0.1, 0.15) is 0 Å². The summed E-state index contributed by atoms with van der Waals surface area (Å²) in [6, 6.07) is 19.5. The van der Waals surface area contributed by atoms with Crippen molar-refractivity contribution in [3.8, 4) is 0 Å². The predicted molar refractivity (Wildman–Crippen MR) is 108 cm³/mol. The number of amides is 1. The van der Waals surface area contributed by atoms with Crippen LogP contribution in [0.1, 0.15) is 24.2 Å². The van der Waals surface area contributed by atoms with E-state index in [0.717, 1.165) is 10.8 Å². The molecule has 0 radical (unpaired) electrons. The van der Waals surface area contributed by atoms with Crippen molar-refractivity contribution in [2.45, 2.75) is 18.7 Å². The maximum atomic E-state index is 12.7. The SMILES string of the molecule is CCN(CC)S(=O)(=O)c1ccc(NC(=O)c2cccc3ccccc23)cc1. The Morgan fingerprint density at radius 2 is 1.52 bits per heavy atom. The molecule has 3 aromatic carbocycles. The van der Waals surface area contributed by atoms with E-state index in [1.165, 1.54) is 16.4 Å². The van der Waals surface area contributed by atoms with Crippen LogP contribution in [0.3, 0.4) is 0 Å². The van der Waals surface area contributed by atoms with Crippen LogP contribution in [0.4, 0.5) is 5.69 Å². The number of fused-ring (bicyclic) bond motifs is 1. The van der Waals surface area contributed by atoms with Crippen LogP contribution in [0.2, 0.25) is 0 Å². The van der Waals surface area contributed by atoms with Crippen LogP contribution >= 0.6 is 0 Å². The molecule has 3 rings (SSSR count). The topological polar surface area (TPSA) is 66.5 Å². The third-order valence-electron chi connectivity index (χ3n) is 4.49. The Hall–Kier alpha value is -2.70. The molecule has 6 heteroatoms. The van der Waals surface area contributed by atoms with E-state index in [1.54, 1.807) is 32.0 Å². The lowest BCUT2D eigenvalue weighted by Gasteiger charge is -2.18. The summed E-state index contributed by atoms with van der Waals surface area (Å²) in [5.41, 5.74) is 1.12. The minimum atomic E-state index is -3.51. The predicted octanol–water partition coefficient (Wildman–Crippen LogP) is 4.12. The van der Waals surface area contributed by atoms with E-state index in [-0.39, 0.29) is 10.8 Å². The Labute approximate surface area is 159 Å². The van der Waals surface area contributed by atoms with Crippen molar-refractivity contribution in [1.82, 2.24) is 4.31 Å². The zero-order valence-corrected chi connectivity index (χ0v) is 16.2. The molecule has 0 heterocycles. The lowest BCUT2D eigenvalue weighted by Crippen LogP contribution is -2.30. The molecule has 0 fully saturated rings. The summed E-state index contributed by atoms with van der Waals surface area (Å²) in [5, 5.41) is 4.70. The Balaban J connectivity index is 1.83. The van der Waals surface area contributed by atoms with E-state index in [2.05, 4.69) is 5.32 Å². The van der Waals surface area contributed by atoms with Gasteiger partial charge in [0.05, 0.1) is 4.90 Å². The smallest absolute Gasteiger partial charge is 0.256 e. The van der Waals surface area contributed by atoms with E-state index in [0.29, 0.717) is 24.3 Å². The Morgan fingerprint density at radius 3 is 2.19 bits per heavy atom. The molecule has 0 unspecified atom stereocenters. The molecule has 3 aromatic rings. The molecule has 0 saturated heterocycles. The summed E-state index contributed by atoms with van der Waals surface area (Å²) in [5.74, 6) is -0.230. The molecule has 0 bridgehead atoms. The van der Waals surface area contributed by atoms with Crippen molar-refractivity contribution in [3.63, 3.8) is 0 Å². The number of nitrogens with zero attached hydrogens (tertiary/aromatic N) is 1. The second-order valence-electron chi connectivity index (χ2n) is 6.09. The first-order valence-electron chi connectivity index (χ1n) is 8.86. The van der Waals surface area contributed by atoms with Crippen LogP contribution in [-0.4, -0.2) is 31.7 Å². The van der Waals surface area contributed by atoms with E-state index in [1.807, 2.05) is 36.4 Å². The molecule has 27 heavy (non-hydrogen) atoms. The van der Waals surface area contributed by atoms with Crippen molar-refractivity contribution in [1.29, 1.82) is 0 Å². The molecule has 0 spiro atoms. The molecule has 0 aliphatic rings. The van der Waals surface area contributed by atoms with Crippen LogP contribution in [0.5, 0.6) is 0 Å². The van der Waals surface area contributed by atoms with Gasteiger partial charge in [-0.05, 0) is 41.1 Å². The van der Waals surface area contributed by atoms with E-state index < -0.39 is 10.0 Å². The van der Waals surface area contributed by atoms with Crippen LogP contribution in [-0.2, 0) is 10.0 Å². The molecule has 0 aliphatic heterocycles. The fourth-order valence-corrected chi connectivity index (χ4v) is 4.50. The van der Waals surface area contributed by atoms with E-state index >= 15 is 0 Å². The zero-order valence-electron chi connectivity index (χ0n) is 15.3. The van der Waals surface area contributed by atoms with Gasteiger partial charge in [-0.15, -0.1) is 0 Å². The average Bonchev–Trinajstić information content (AvgIpc) is 2.68. The molecule has 0 saturated carbocycles. The molecular formula is C21H22N2O3S. The number of hydrogen-bond acceptors (Lipinski definition) is 3. The minimum Gasteiger partial charge on any atom is -0.322 e. The van der Waals surface area contributed by atoms with Crippen LogP contribution < -0.4 is 5.32 Å². The number of nitrogens with one attached hydrogen (secondary N) is 1. The summed E-state index contributed by atoms with van der Waals surface area (Å²) in [7, 11) is -3.51. The molecule has 5 nitrogen and oxygen atoms in total. The van der Waals surface area contributed by atoms with Crippen LogP contribution in [0.15, 0.2) is 71.6 Å². The molecule has 1 amide bonds. The summed E-state index contributed by atoms with van der Waals surface area (Å²) in [6.07, 6.45) is 0. The highest BCUT2D eigenvalue weighted by molar-refractivity contribution is 7.89. The standard InChI is InChI=1S/C21H22N2O3S/c1-3-23(4-2)27(25,26)18-14-12-17(13-15-18)22-21(24)20-11-7-9-16-8-5-6-10-19(16)20/h5-15H,3-4H2,1-2H3,(H,22,24). The molecule has 0 aromatic heterocycles. The van der Waals surface area contributed by atoms with Gasteiger partial charge in [0.15, 0.2) is 0 Å². The summed E-state index contributed by atoms with van der Waals surface area (Å²) in [6.45, 7) is 4.44. The molecule has 0 atom stereocenters. The monoisotopic (exact) mass is 382 g/mol. The van der Waals surface area contributed by atoms with Gasteiger partial charge in [-0.1, -0.05) is 50.2 Å². The number of hydrogen-bond donors (Lipinski definition) is 1. The van der Waals surface area contributed by atoms with Crippen molar-refractivity contribution < 1.29 is 13.2 Å².